The molecule has 2 aromatic carbocycles. The van der Waals surface area contributed by atoms with Crippen LogP contribution in [0.2, 0.25) is 0 Å². The minimum absolute atomic E-state index is 0.109. The lowest BCUT2D eigenvalue weighted by atomic mass is 9.87. The van der Waals surface area contributed by atoms with Crippen LogP contribution in [0.25, 0.3) is 0 Å². The maximum Gasteiger partial charge on any atom is 0.226 e. The molecule has 0 atom stereocenters. The van der Waals surface area contributed by atoms with Crippen LogP contribution in [0.4, 0.5) is 5.69 Å². The lowest BCUT2D eigenvalue weighted by Gasteiger charge is -2.19. The molecule has 162 valence electrons. The number of benzene rings is 2. The van der Waals surface area contributed by atoms with E-state index in [0.717, 1.165) is 5.75 Å². The van der Waals surface area contributed by atoms with Gasteiger partial charge in [0.1, 0.15) is 17.2 Å². The maximum absolute atomic E-state index is 12.1. The smallest absolute Gasteiger partial charge is 0.226 e. The first kappa shape index (κ1) is 23.5. The van der Waals surface area contributed by atoms with Gasteiger partial charge in [0.05, 0.1) is 26.5 Å². The summed E-state index contributed by atoms with van der Waals surface area (Å²) in [4.78, 5) is 12.1. The standard InChI is InChI=1S/C23H30N2O4S/c1-23(2,3)16-8-10-17(11-9-16)29-14-6-7-21(26)25-22(30)24-19-15-18(27-4)12-13-20(19)28-5/h8-13,15H,6-7,14H2,1-5H3,(H2,24,25,26,30). The van der Waals surface area contributed by atoms with Gasteiger partial charge in [0.2, 0.25) is 5.91 Å². The van der Waals surface area contributed by atoms with Crippen LogP contribution in [-0.2, 0) is 10.2 Å². The van der Waals surface area contributed by atoms with Gasteiger partial charge in [-0.25, -0.2) is 0 Å². The molecule has 0 saturated carbocycles. The number of thiocarbonyl (C=S) groups is 1. The van der Waals surface area contributed by atoms with Crippen molar-refractivity contribution in [3.63, 3.8) is 0 Å². The van der Waals surface area contributed by atoms with Gasteiger partial charge in [-0.15, -0.1) is 0 Å². The highest BCUT2D eigenvalue weighted by Gasteiger charge is 2.13. The Hall–Kier alpha value is -2.80. The second kappa shape index (κ2) is 10.8. The van der Waals surface area contributed by atoms with E-state index in [-0.39, 0.29) is 16.4 Å². The lowest BCUT2D eigenvalue weighted by Crippen LogP contribution is -2.34. The molecule has 7 heteroatoms. The van der Waals surface area contributed by atoms with Crippen molar-refractivity contribution in [2.45, 2.75) is 39.0 Å². The van der Waals surface area contributed by atoms with E-state index in [0.29, 0.717) is 36.6 Å². The summed E-state index contributed by atoms with van der Waals surface area (Å²) in [6, 6.07) is 13.3. The Balaban J connectivity index is 1.75. The first-order chi connectivity index (χ1) is 14.2. The summed E-state index contributed by atoms with van der Waals surface area (Å²) in [6.07, 6.45) is 0.884. The van der Waals surface area contributed by atoms with Gasteiger partial charge >= 0.3 is 0 Å². The van der Waals surface area contributed by atoms with Crippen molar-refractivity contribution >= 4 is 28.9 Å². The molecule has 6 nitrogen and oxygen atoms in total. The van der Waals surface area contributed by atoms with Gasteiger partial charge in [0.25, 0.3) is 0 Å². The van der Waals surface area contributed by atoms with Crippen LogP contribution < -0.4 is 24.8 Å². The molecule has 0 radical (unpaired) electrons. The van der Waals surface area contributed by atoms with Crippen molar-refractivity contribution in [3.8, 4) is 17.2 Å². The third kappa shape index (κ3) is 7.22. The molecule has 0 spiro atoms. The molecule has 2 aromatic rings. The first-order valence-electron chi connectivity index (χ1n) is 9.79. The van der Waals surface area contributed by atoms with Gasteiger partial charge in [0.15, 0.2) is 5.11 Å². The summed E-state index contributed by atoms with van der Waals surface area (Å²) < 4.78 is 16.2. The third-order valence-electron chi connectivity index (χ3n) is 4.45. The number of methoxy groups -OCH3 is 2. The number of carbonyl (C=O) groups is 1. The summed E-state index contributed by atoms with van der Waals surface area (Å²) in [5.74, 6) is 1.87. The number of anilines is 1. The Labute approximate surface area is 183 Å². The Morgan fingerprint density at radius 1 is 1.00 bits per heavy atom. The molecule has 2 rings (SSSR count). The van der Waals surface area contributed by atoms with Crippen molar-refractivity contribution < 1.29 is 19.0 Å². The average Bonchev–Trinajstić information content (AvgIpc) is 2.70. The van der Waals surface area contributed by atoms with E-state index in [9.17, 15) is 4.79 Å². The van der Waals surface area contributed by atoms with Crippen molar-refractivity contribution in [1.82, 2.24) is 5.32 Å². The molecule has 0 aromatic heterocycles. The number of carbonyl (C=O) groups excluding carboxylic acids is 1. The molecule has 0 bridgehead atoms. The molecule has 1 amide bonds. The van der Waals surface area contributed by atoms with Crippen LogP contribution in [0.1, 0.15) is 39.2 Å². The molecule has 0 unspecified atom stereocenters. The van der Waals surface area contributed by atoms with Crippen LogP contribution in [0.5, 0.6) is 17.2 Å². The normalized spacial score (nSPS) is 10.8. The van der Waals surface area contributed by atoms with E-state index in [1.165, 1.54) is 5.56 Å². The zero-order valence-electron chi connectivity index (χ0n) is 18.2. The monoisotopic (exact) mass is 430 g/mol. The molecular formula is C23H30N2O4S. The summed E-state index contributed by atoms with van der Waals surface area (Å²) >= 11 is 5.23. The van der Waals surface area contributed by atoms with Gasteiger partial charge < -0.3 is 24.8 Å². The average molecular weight is 431 g/mol. The highest BCUT2D eigenvalue weighted by Crippen LogP contribution is 2.28. The molecular weight excluding hydrogens is 400 g/mol. The molecule has 2 N–H and O–H groups in total. The number of rotatable bonds is 8. The SMILES string of the molecule is COc1ccc(OC)c(NC(=S)NC(=O)CCCOc2ccc(C(C)(C)C)cc2)c1. The maximum atomic E-state index is 12.1. The van der Waals surface area contributed by atoms with Crippen LogP contribution in [0.3, 0.4) is 0 Å². The van der Waals surface area contributed by atoms with Crippen molar-refractivity contribution in [2.75, 3.05) is 26.1 Å². The third-order valence-corrected chi connectivity index (χ3v) is 4.65. The quantitative estimate of drug-likeness (QED) is 0.468. The number of nitrogens with one attached hydrogen (secondary N) is 2. The summed E-state index contributed by atoms with van der Waals surface area (Å²) in [6.45, 7) is 6.97. The summed E-state index contributed by atoms with van der Waals surface area (Å²) in [5.41, 5.74) is 1.98. The summed E-state index contributed by atoms with van der Waals surface area (Å²) in [5, 5.41) is 5.83. The highest BCUT2D eigenvalue weighted by molar-refractivity contribution is 7.80. The van der Waals surface area contributed by atoms with E-state index in [1.54, 1.807) is 32.4 Å². The second-order valence-electron chi connectivity index (χ2n) is 7.79. The fraction of sp³-hybridized carbons (Fsp3) is 0.391. The van der Waals surface area contributed by atoms with Crippen molar-refractivity contribution in [2.24, 2.45) is 0 Å². The van der Waals surface area contributed by atoms with E-state index in [4.69, 9.17) is 26.4 Å². The summed E-state index contributed by atoms with van der Waals surface area (Å²) in [7, 11) is 3.14. The number of hydrogen-bond donors (Lipinski definition) is 2. The molecule has 0 fully saturated rings. The van der Waals surface area contributed by atoms with Gasteiger partial charge in [0, 0.05) is 12.5 Å². The minimum Gasteiger partial charge on any atom is -0.497 e. The molecule has 30 heavy (non-hydrogen) atoms. The predicted octanol–water partition coefficient (Wildman–Crippen LogP) is 4.67. The van der Waals surface area contributed by atoms with Crippen LogP contribution >= 0.6 is 12.2 Å². The van der Waals surface area contributed by atoms with E-state index < -0.39 is 0 Å². The largest absolute Gasteiger partial charge is 0.497 e. The van der Waals surface area contributed by atoms with Gasteiger partial charge in [-0.1, -0.05) is 32.9 Å². The van der Waals surface area contributed by atoms with Gasteiger partial charge in [-0.05, 0) is 53.9 Å². The zero-order valence-corrected chi connectivity index (χ0v) is 19.0. The number of hydrogen-bond acceptors (Lipinski definition) is 5. The Bertz CT molecular complexity index is 860. The molecule has 0 aliphatic rings. The van der Waals surface area contributed by atoms with E-state index in [1.807, 2.05) is 12.1 Å². The van der Waals surface area contributed by atoms with E-state index >= 15 is 0 Å². The fourth-order valence-electron chi connectivity index (χ4n) is 2.73. The molecule has 0 saturated heterocycles. The van der Waals surface area contributed by atoms with Crippen LogP contribution in [0.15, 0.2) is 42.5 Å². The zero-order chi connectivity index (χ0) is 22.1. The van der Waals surface area contributed by atoms with Gasteiger partial charge in [-0.2, -0.15) is 0 Å². The topological polar surface area (TPSA) is 68.8 Å². The van der Waals surface area contributed by atoms with E-state index in [2.05, 4.69) is 43.5 Å². The Morgan fingerprint density at radius 2 is 1.67 bits per heavy atom. The first-order valence-corrected chi connectivity index (χ1v) is 10.2. The molecule has 0 heterocycles. The second-order valence-corrected chi connectivity index (χ2v) is 8.20. The van der Waals surface area contributed by atoms with Gasteiger partial charge in [-0.3, -0.25) is 4.79 Å². The lowest BCUT2D eigenvalue weighted by molar-refractivity contribution is -0.119. The Kier molecular flexibility index (Phi) is 8.47. The van der Waals surface area contributed by atoms with Crippen LogP contribution in [0, 0.1) is 0 Å². The Morgan fingerprint density at radius 3 is 2.27 bits per heavy atom. The molecule has 0 aliphatic carbocycles. The minimum atomic E-state index is -0.180. The van der Waals surface area contributed by atoms with Crippen molar-refractivity contribution in [3.05, 3.63) is 48.0 Å². The van der Waals surface area contributed by atoms with Crippen LogP contribution in [-0.4, -0.2) is 31.8 Å². The molecule has 0 aliphatic heterocycles. The fourth-order valence-corrected chi connectivity index (χ4v) is 2.95. The number of ether oxygens (including phenoxy) is 3. The predicted molar refractivity (Wildman–Crippen MR) is 124 cm³/mol. The number of amides is 1. The highest BCUT2D eigenvalue weighted by atomic mass is 32.1. The van der Waals surface area contributed by atoms with Crippen molar-refractivity contribution in [1.29, 1.82) is 0 Å².